The van der Waals surface area contributed by atoms with Gasteiger partial charge in [0, 0.05) is 57.7 Å². The Labute approximate surface area is 157 Å². The number of pyridine rings is 1. The monoisotopic (exact) mass is 350 g/mol. The van der Waals surface area contributed by atoms with Crippen molar-refractivity contribution in [1.82, 2.24) is 19.7 Å². The molecule has 2 saturated heterocycles. The minimum absolute atomic E-state index is 0.780. The quantitative estimate of drug-likeness (QED) is 0.827. The summed E-state index contributed by atoms with van der Waals surface area (Å²) in [7, 11) is 0. The molecule has 0 radical (unpaired) electrons. The molecule has 0 atom stereocenters. The van der Waals surface area contributed by atoms with Crippen LogP contribution in [-0.2, 0) is 13.1 Å². The SMILES string of the molecule is c1ccc(CN2CCC(N3CCN(Cc4cccnc4)CC3)CC2)cc1. The maximum absolute atomic E-state index is 4.23. The fourth-order valence-corrected chi connectivity index (χ4v) is 4.32. The highest BCUT2D eigenvalue weighted by Gasteiger charge is 2.27. The molecule has 4 nitrogen and oxygen atoms in total. The molecule has 2 aromatic rings. The summed E-state index contributed by atoms with van der Waals surface area (Å²) in [5, 5.41) is 0. The van der Waals surface area contributed by atoms with Crippen LogP contribution < -0.4 is 0 Å². The molecule has 26 heavy (non-hydrogen) atoms. The molecule has 0 bridgehead atoms. The maximum atomic E-state index is 4.23. The summed E-state index contributed by atoms with van der Waals surface area (Å²) in [6.45, 7) is 9.39. The van der Waals surface area contributed by atoms with E-state index in [1.165, 1.54) is 63.2 Å². The van der Waals surface area contributed by atoms with Gasteiger partial charge in [-0.05, 0) is 43.1 Å². The van der Waals surface area contributed by atoms with Gasteiger partial charge in [-0.3, -0.25) is 19.7 Å². The largest absolute Gasteiger partial charge is 0.299 e. The number of piperazine rings is 1. The Balaban J connectivity index is 1.20. The van der Waals surface area contributed by atoms with Crippen molar-refractivity contribution >= 4 is 0 Å². The molecule has 2 aliphatic heterocycles. The normalized spacial score (nSPS) is 21.1. The van der Waals surface area contributed by atoms with E-state index < -0.39 is 0 Å². The molecule has 0 N–H and O–H groups in total. The first-order valence-electron chi connectivity index (χ1n) is 9.98. The van der Waals surface area contributed by atoms with Gasteiger partial charge in [0.2, 0.25) is 0 Å². The zero-order valence-corrected chi connectivity index (χ0v) is 15.6. The highest BCUT2D eigenvalue weighted by molar-refractivity contribution is 5.14. The second-order valence-corrected chi connectivity index (χ2v) is 7.67. The predicted octanol–water partition coefficient (Wildman–Crippen LogP) is 2.86. The number of nitrogens with zero attached hydrogens (tertiary/aromatic N) is 4. The summed E-state index contributed by atoms with van der Waals surface area (Å²) < 4.78 is 0. The van der Waals surface area contributed by atoms with E-state index in [9.17, 15) is 0 Å². The summed E-state index contributed by atoms with van der Waals surface area (Å²) in [4.78, 5) is 12.2. The zero-order chi connectivity index (χ0) is 17.6. The number of benzene rings is 1. The third kappa shape index (κ3) is 4.70. The minimum Gasteiger partial charge on any atom is -0.299 e. The molecule has 0 amide bonds. The van der Waals surface area contributed by atoms with Crippen LogP contribution in [0.3, 0.4) is 0 Å². The van der Waals surface area contributed by atoms with Crippen molar-refractivity contribution in [2.45, 2.75) is 32.0 Å². The lowest BCUT2D eigenvalue weighted by atomic mass is 10.0. The Morgan fingerprint density at radius 1 is 0.731 bits per heavy atom. The average molecular weight is 351 g/mol. The van der Waals surface area contributed by atoms with Crippen molar-refractivity contribution in [2.24, 2.45) is 0 Å². The lowest BCUT2D eigenvalue weighted by Crippen LogP contribution is -2.52. The number of likely N-dealkylation sites (tertiary alicyclic amines) is 1. The topological polar surface area (TPSA) is 22.6 Å². The summed E-state index contributed by atoms with van der Waals surface area (Å²) in [6, 6.07) is 15.9. The standard InChI is InChI=1S/C22H30N4/c1-2-5-20(6-3-1)18-24-11-8-22(9-12-24)26-15-13-25(14-16-26)19-21-7-4-10-23-17-21/h1-7,10,17,22H,8-9,11-16,18-19H2. The van der Waals surface area contributed by atoms with Gasteiger partial charge in [0.15, 0.2) is 0 Å². The second-order valence-electron chi connectivity index (χ2n) is 7.67. The molecule has 3 heterocycles. The molecule has 0 unspecified atom stereocenters. The molecule has 0 spiro atoms. The van der Waals surface area contributed by atoms with Crippen molar-refractivity contribution in [1.29, 1.82) is 0 Å². The Morgan fingerprint density at radius 2 is 1.38 bits per heavy atom. The van der Waals surface area contributed by atoms with E-state index in [-0.39, 0.29) is 0 Å². The van der Waals surface area contributed by atoms with Crippen molar-refractivity contribution in [3.8, 4) is 0 Å². The predicted molar refractivity (Wildman–Crippen MR) is 106 cm³/mol. The second kappa shape index (κ2) is 8.76. The molecule has 0 aliphatic carbocycles. The van der Waals surface area contributed by atoms with Gasteiger partial charge in [-0.2, -0.15) is 0 Å². The Morgan fingerprint density at radius 3 is 2.08 bits per heavy atom. The highest BCUT2D eigenvalue weighted by Crippen LogP contribution is 2.20. The van der Waals surface area contributed by atoms with Gasteiger partial charge in [-0.15, -0.1) is 0 Å². The number of aromatic nitrogens is 1. The fourth-order valence-electron chi connectivity index (χ4n) is 4.32. The van der Waals surface area contributed by atoms with E-state index in [0.717, 1.165) is 19.1 Å². The third-order valence-electron chi connectivity index (χ3n) is 5.86. The number of piperidine rings is 1. The molecular weight excluding hydrogens is 320 g/mol. The third-order valence-corrected chi connectivity index (χ3v) is 5.86. The summed E-state index contributed by atoms with van der Waals surface area (Å²) in [6.07, 6.45) is 6.48. The van der Waals surface area contributed by atoms with Crippen LogP contribution in [0.2, 0.25) is 0 Å². The number of rotatable bonds is 5. The van der Waals surface area contributed by atoms with Gasteiger partial charge in [0.25, 0.3) is 0 Å². The molecule has 0 saturated carbocycles. The summed E-state index contributed by atoms with van der Waals surface area (Å²) in [5.41, 5.74) is 2.77. The van der Waals surface area contributed by atoms with E-state index >= 15 is 0 Å². The van der Waals surface area contributed by atoms with Gasteiger partial charge in [-0.25, -0.2) is 0 Å². The van der Waals surface area contributed by atoms with Crippen LogP contribution in [-0.4, -0.2) is 65.0 Å². The van der Waals surface area contributed by atoms with Gasteiger partial charge in [0.1, 0.15) is 0 Å². The first-order valence-corrected chi connectivity index (χ1v) is 9.98. The van der Waals surface area contributed by atoms with Gasteiger partial charge >= 0.3 is 0 Å². The highest BCUT2D eigenvalue weighted by atomic mass is 15.3. The molecule has 138 valence electrons. The first-order chi connectivity index (χ1) is 12.9. The molecule has 1 aromatic carbocycles. The molecular formula is C22H30N4. The van der Waals surface area contributed by atoms with E-state index in [4.69, 9.17) is 0 Å². The first kappa shape index (κ1) is 17.7. The van der Waals surface area contributed by atoms with Crippen LogP contribution in [0.4, 0.5) is 0 Å². The molecule has 1 aromatic heterocycles. The zero-order valence-electron chi connectivity index (χ0n) is 15.6. The van der Waals surface area contributed by atoms with E-state index in [1.807, 2.05) is 18.5 Å². The number of hydrogen-bond donors (Lipinski definition) is 0. The fraction of sp³-hybridized carbons (Fsp3) is 0.500. The van der Waals surface area contributed by atoms with E-state index in [0.29, 0.717) is 0 Å². The average Bonchev–Trinajstić information content (AvgIpc) is 2.71. The van der Waals surface area contributed by atoms with E-state index in [1.54, 1.807) is 0 Å². The van der Waals surface area contributed by atoms with Gasteiger partial charge in [-0.1, -0.05) is 36.4 Å². The van der Waals surface area contributed by atoms with Crippen molar-refractivity contribution < 1.29 is 0 Å². The van der Waals surface area contributed by atoms with Gasteiger partial charge in [0.05, 0.1) is 0 Å². The van der Waals surface area contributed by atoms with Crippen LogP contribution in [0, 0.1) is 0 Å². The molecule has 4 heteroatoms. The van der Waals surface area contributed by atoms with Crippen molar-refractivity contribution in [2.75, 3.05) is 39.3 Å². The van der Waals surface area contributed by atoms with Crippen molar-refractivity contribution in [3.63, 3.8) is 0 Å². The van der Waals surface area contributed by atoms with Crippen molar-refractivity contribution in [3.05, 3.63) is 66.0 Å². The van der Waals surface area contributed by atoms with E-state index in [2.05, 4.69) is 56.1 Å². The van der Waals surface area contributed by atoms with Gasteiger partial charge < -0.3 is 0 Å². The lowest BCUT2D eigenvalue weighted by Gasteiger charge is -2.42. The molecule has 2 fully saturated rings. The smallest absolute Gasteiger partial charge is 0.0312 e. The van der Waals surface area contributed by atoms with Crippen LogP contribution in [0.15, 0.2) is 54.9 Å². The molecule has 2 aliphatic rings. The minimum atomic E-state index is 0.780. The summed E-state index contributed by atoms with van der Waals surface area (Å²) >= 11 is 0. The van der Waals surface area contributed by atoms with Crippen LogP contribution >= 0.6 is 0 Å². The Bertz CT molecular complexity index is 585. The Hall–Kier alpha value is -1.75. The maximum Gasteiger partial charge on any atom is 0.0312 e. The molecule has 4 rings (SSSR count). The van der Waals surface area contributed by atoms with Crippen LogP contribution in [0.1, 0.15) is 24.0 Å². The summed E-state index contributed by atoms with van der Waals surface area (Å²) in [5.74, 6) is 0. The van der Waals surface area contributed by atoms with Crippen LogP contribution in [0.5, 0.6) is 0 Å². The number of hydrogen-bond acceptors (Lipinski definition) is 4. The van der Waals surface area contributed by atoms with Crippen LogP contribution in [0.25, 0.3) is 0 Å². The Kier molecular flexibility index (Phi) is 5.95. The lowest BCUT2D eigenvalue weighted by molar-refractivity contribution is 0.0550.